The monoisotopic (exact) mass is 585 g/mol. The lowest BCUT2D eigenvalue weighted by Gasteiger charge is -2.37. The zero-order valence-electron chi connectivity index (χ0n) is 22.3. The number of hydrogen-bond donors (Lipinski definition) is 1. The number of benzene rings is 2. The number of hydrogen-bond acceptors (Lipinski definition) is 6. The van der Waals surface area contributed by atoms with Crippen LogP contribution in [0.25, 0.3) is 22.0 Å². The zero-order chi connectivity index (χ0) is 29.1. The minimum atomic E-state index is -4.75. The van der Waals surface area contributed by atoms with E-state index in [0.29, 0.717) is 18.6 Å². The molecule has 0 aliphatic carbocycles. The van der Waals surface area contributed by atoms with Gasteiger partial charge in [-0.05, 0) is 43.7 Å². The number of piperazine rings is 1. The fourth-order valence-corrected chi connectivity index (χ4v) is 7.28. The number of rotatable bonds is 3. The van der Waals surface area contributed by atoms with Crippen LogP contribution >= 0.6 is 11.8 Å². The van der Waals surface area contributed by atoms with Gasteiger partial charge < -0.3 is 14.8 Å². The Labute approximate surface area is 236 Å². The molecule has 12 heteroatoms. The Morgan fingerprint density at radius 2 is 1.71 bits per heavy atom. The second-order valence-electron chi connectivity index (χ2n) is 10.6. The molecule has 6 rings (SSSR count). The lowest BCUT2D eigenvalue weighted by atomic mass is 9.96. The van der Waals surface area contributed by atoms with E-state index in [9.17, 15) is 27.2 Å². The van der Waals surface area contributed by atoms with Gasteiger partial charge >= 0.3 is 11.9 Å². The van der Waals surface area contributed by atoms with Crippen LogP contribution in [0.4, 0.5) is 23.4 Å². The van der Waals surface area contributed by atoms with Crippen molar-refractivity contribution in [2.24, 2.45) is 0 Å². The van der Waals surface area contributed by atoms with Crippen LogP contribution in [-0.4, -0.2) is 45.0 Å². The van der Waals surface area contributed by atoms with Gasteiger partial charge in [-0.3, -0.25) is 9.36 Å². The largest absolute Gasteiger partial charge is 0.417 e. The number of anilines is 1. The summed E-state index contributed by atoms with van der Waals surface area (Å²) < 4.78 is 61.1. The third-order valence-electron chi connectivity index (χ3n) is 7.55. The van der Waals surface area contributed by atoms with Crippen LogP contribution < -0.4 is 21.5 Å². The average Bonchev–Trinajstić information content (AvgIpc) is 3.11. The van der Waals surface area contributed by atoms with E-state index in [-0.39, 0.29) is 57.2 Å². The molecule has 3 atom stereocenters. The third-order valence-corrected chi connectivity index (χ3v) is 8.79. The minimum Gasteiger partial charge on any atom is -0.353 e. The van der Waals surface area contributed by atoms with Crippen molar-refractivity contribution in [2.75, 3.05) is 23.7 Å². The SMILES string of the molecule is C[C@@H]1CN(c2nc(=O)n3c4c(c(-c5ccc(F)cc5)c(C(F)(F)F)cc24)SCC(n2ccccc2=O)C3)C[C@H](C)N1. The number of alkyl halides is 3. The molecule has 7 nitrogen and oxygen atoms in total. The molecule has 0 radical (unpaired) electrons. The van der Waals surface area contributed by atoms with E-state index in [1.807, 2.05) is 18.7 Å². The molecule has 2 aromatic heterocycles. The Bertz CT molecular complexity index is 1740. The van der Waals surface area contributed by atoms with Crippen molar-refractivity contribution < 1.29 is 17.6 Å². The Morgan fingerprint density at radius 1 is 1.00 bits per heavy atom. The smallest absolute Gasteiger partial charge is 0.353 e. The highest BCUT2D eigenvalue weighted by Crippen LogP contribution is 2.48. The quantitative estimate of drug-likeness (QED) is 0.345. The molecule has 1 unspecified atom stereocenters. The van der Waals surface area contributed by atoms with Gasteiger partial charge in [0.1, 0.15) is 11.6 Å². The second kappa shape index (κ2) is 10.3. The Balaban J connectivity index is 1.68. The molecule has 0 amide bonds. The fourth-order valence-electron chi connectivity index (χ4n) is 5.92. The topological polar surface area (TPSA) is 72.2 Å². The van der Waals surface area contributed by atoms with Crippen LogP contribution in [0.15, 0.2) is 69.2 Å². The summed E-state index contributed by atoms with van der Waals surface area (Å²) in [4.78, 5) is 32.9. The summed E-state index contributed by atoms with van der Waals surface area (Å²) in [6, 6.07) is 10.2. The Hall–Kier alpha value is -3.64. The predicted molar refractivity (Wildman–Crippen MR) is 151 cm³/mol. The lowest BCUT2D eigenvalue weighted by molar-refractivity contribution is -0.137. The van der Waals surface area contributed by atoms with Crippen LogP contribution in [0.2, 0.25) is 0 Å². The first-order valence-electron chi connectivity index (χ1n) is 13.3. The molecule has 0 saturated carbocycles. The molecule has 2 aromatic carbocycles. The van der Waals surface area contributed by atoms with E-state index in [2.05, 4.69) is 10.3 Å². The zero-order valence-corrected chi connectivity index (χ0v) is 23.1. The molecule has 0 spiro atoms. The first kappa shape index (κ1) is 27.5. The predicted octanol–water partition coefficient (Wildman–Crippen LogP) is 4.92. The molecule has 1 saturated heterocycles. The van der Waals surface area contributed by atoms with Crippen molar-refractivity contribution in [3.63, 3.8) is 0 Å². The highest BCUT2D eigenvalue weighted by atomic mass is 32.2. The molecule has 41 heavy (non-hydrogen) atoms. The van der Waals surface area contributed by atoms with Gasteiger partial charge in [-0.1, -0.05) is 18.2 Å². The van der Waals surface area contributed by atoms with Crippen molar-refractivity contribution in [2.45, 2.75) is 49.6 Å². The van der Waals surface area contributed by atoms with Crippen molar-refractivity contribution in [1.82, 2.24) is 19.4 Å². The summed E-state index contributed by atoms with van der Waals surface area (Å²) in [5.74, 6) is -0.141. The van der Waals surface area contributed by atoms with E-state index >= 15 is 0 Å². The summed E-state index contributed by atoms with van der Waals surface area (Å²) in [6.07, 6.45) is -3.14. The fraction of sp³-hybridized carbons (Fsp3) is 0.345. The van der Waals surface area contributed by atoms with Crippen molar-refractivity contribution in [1.29, 1.82) is 0 Å². The van der Waals surface area contributed by atoms with E-state index in [0.717, 1.165) is 30.0 Å². The van der Waals surface area contributed by atoms with Crippen molar-refractivity contribution in [3.8, 4) is 11.1 Å². The van der Waals surface area contributed by atoms with Gasteiger partial charge in [-0.25, -0.2) is 9.18 Å². The number of thioether (sulfide) groups is 1. The van der Waals surface area contributed by atoms with E-state index < -0.39 is 29.3 Å². The molecule has 4 heterocycles. The van der Waals surface area contributed by atoms with Crippen LogP contribution in [0.1, 0.15) is 25.5 Å². The number of aromatic nitrogens is 3. The molecule has 0 bridgehead atoms. The summed E-state index contributed by atoms with van der Waals surface area (Å²) in [7, 11) is 0. The highest BCUT2D eigenvalue weighted by Gasteiger charge is 2.39. The van der Waals surface area contributed by atoms with Gasteiger partial charge in [0.15, 0.2) is 0 Å². The number of nitrogens with one attached hydrogen (secondary N) is 1. The van der Waals surface area contributed by atoms with Gasteiger partial charge in [0.05, 0.1) is 17.1 Å². The first-order chi connectivity index (χ1) is 19.5. The Morgan fingerprint density at radius 3 is 2.37 bits per heavy atom. The molecule has 1 fully saturated rings. The summed E-state index contributed by atoms with van der Waals surface area (Å²) in [6.45, 7) is 4.91. The molecular formula is C29H27F4N5O2S. The van der Waals surface area contributed by atoms with Gasteiger partial charge in [0.2, 0.25) is 0 Å². The summed E-state index contributed by atoms with van der Waals surface area (Å²) in [5, 5.41) is 3.61. The summed E-state index contributed by atoms with van der Waals surface area (Å²) in [5.41, 5.74) is -1.38. The number of halogens is 4. The van der Waals surface area contributed by atoms with Crippen molar-refractivity contribution in [3.05, 3.63) is 86.9 Å². The molecule has 2 aliphatic rings. The normalized spacial score (nSPS) is 21.2. The van der Waals surface area contributed by atoms with Gasteiger partial charge in [-0.15, -0.1) is 11.8 Å². The third kappa shape index (κ3) is 5.03. The molecule has 214 valence electrons. The average molecular weight is 586 g/mol. The van der Waals surface area contributed by atoms with Crippen molar-refractivity contribution >= 4 is 28.5 Å². The second-order valence-corrected chi connectivity index (χ2v) is 11.7. The molecule has 2 aliphatic heterocycles. The van der Waals surface area contributed by atoms with Crippen LogP contribution in [-0.2, 0) is 12.7 Å². The standard InChI is InChI=1S/C29H27F4N5O2S/c1-16-12-36(13-17(2)34-16)27-21-11-22(29(31,32)33)24(18-6-8-19(30)9-7-18)26-25(21)38(28(40)35-27)14-20(15-41-26)37-10-4-3-5-23(37)39/h3-11,16-17,20,34H,12-15H2,1-2H3/t16-,17+,20?. The maximum absolute atomic E-state index is 14.8. The maximum Gasteiger partial charge on any atom is 0.417 e. The van der Waals surface area contributed by atoms with E-state index in [4.69, 9.17) is 0 Å². The maximum atomic E-state index is 14.8. The van der Waals surface area contributed by atoms with Crippen LogP contribution in [0.3, 0.4) is 0 Å². The highest BCUT2D eigenvalue weighted by molar-refractivity contribution is 7.99. The van der Waals surface area contributed by atoms with Gasteiger partial charge in [-0.2, -0.15) is 18.2 Å². The molecule has 4 aromatic rings. The van der Waals surface area contributed by atoms with Crippen LogP contribution in [0, 0.1) is 5.82 Å². The molecule has 1 N–H and O–H groups in total. The van der Waals surface area contributed by atoms with Gasteiger partial charge in [0, 0.05) is 65.6 Å². The van der Waals surface area contributed by atoms with E-state index in [1.54, 1.807) is 18.3 Å². The molecular weight excluding hydrogens is 558 g/mol. The van der Waals surface area contributed by atoms with Gasteiger partial charge in [0.25, 0.3) is 5.56 Å². The summed E-state index contributed by atoms with van der Waals surface area (Å²) >= 11 is 1.16. The number of pyridine rings is 1. The Kier molecular flexibility index (Phi) is 6.93. The lowest BCUT2D eigenvalue weighted by Crippen LogP contribution is -2.55. The minimum absolute atomic E-state index is 0.0254. The van der Waals surface area contributed by atoms with E-state index in [1.165, 1.54) is 27.3 Å². The van der Waals surface area contributed by atoms with Crippen LogP contribution in [0.5, 0.6) is 0 Å². The first-order valence-corrected chi connectivity index (χ1v) is 14.3. The number of nitrogens with zero attached hydrogens (tertiary/aromatic N) is 4.